The van der Waals surface area contributed by atoms with Crippen LogP contribution in [0.4, 0.5) is 22.0 Å². The lowest BCUT2D eigenvalue weighted by Gasteiger charge is -2.39. The van der Waals surface area contributed by atoms with Gasteiger partial charge in [0.05, 0.1) is 13.2 Å². The molecule has 2 saturated heterocycles. The van der Waals surface area contributed by atoms with Gasteiger partial charge in [0, 0.05) is 31.1 Å². The summed E-state index contributed by atoms with van der Waals surface area (Å²) < 4.78 is 135. The molecule has 1 amide bonds. The lowest BCUT2D eigenvalue weighted by Crippen LogP contribution is -2.59. The molecule has 0 bridgehead atoms. The largest absolute Gasteiger partial charge is 0.512 e. The summed E-state index contributed by atoms with van der Waals surface area (Å²) >= 11 is 0. The number of ether oxygens (including phenoxy) is 2. The van der Waals surface area contributed by atoms with Crippen LogP contribution in [0.5, 0.6) is 0 Å². The molecule has 1 atom stereocenters. The maximum Gasteiger partial charge on any atom is 0.512 e. The number of halogens is 5. The number of benzene rings is 2. The van der Waals surface area contributed by atoms with Gasteiger partial charge in [0.1, 0.15) is 0 Å². The molecule has 16 heteroatoms. The third-order valence-corrected chi connectivity index (χ3v) is 11.1. The van der Waals surface area contributed by atoms with E-state index in [-0.39, 0.29) is 51.1 Å². The molecule has 2 aromatic carbocycles. The standard InChI is InChI=1S/C26H29F5N2O7S2/c27-25(28,23(34)32-14-8-3-9-15-32)41(35,36)33(42(37,38)26(29,30)31)19-22(18-20-10-4-1-5-11-20)24(39-16-17-40-24)21-12-6-2-7-13-21/h1-2,4-7,10-13,22H,3,8-9,14-19H2. The van der Waals surface area contributed by atoms with Gasteiger partial charge in [0.15, 0.2) is 5.79 Å². The van der Waals surface area contributed by atoms with Crippen LogP contribution in [0.2, 0.25) is 0 Å². The van der Waals surface area contributed by atoms with Gasteiger partial charge in [-0.25, -0.2) is 16.8 Å². The predicted molar refractivity (Wildman–Crippen MR) is 140 cm³/mol. The lowest BCUT2D eigenvalue weighted by atomic mass is 9.86. The zero-order chi connectivity index (χ0) is 30.8. The maximum absolute atomic E-state index is 15.5. The maximum atomic E-state index is 15.5. The second-order valence-electron chi connectivity index (χ2n) is 9.90. The van der Waals surface area contributed by atoms with E-state index in [2.05, 4.69) is 0 Å². The molecule has 0 aliphatic carbocycles. The van der Waals surface area contributed by atoms with Crippen LogP contribution < -0.4 is 0 Å². The molecule has 2 aromatic rings. The van der Waals surface area contributed by atoms with E-state index in [4.69, 9.17) is 9.47 Å². The van der Waals surface area contributed by atoms with Gasteiger partial charge in [-0.15, -0.1) is 0 Å². The number of nitrogens with zero attached hydrogens (tertiary/aromatic N) is 2. The molecule has 9 nitrogen and oxygen atoms in total. The first-order valence-corrected chi connectivity index (χ1v) is 15.9. The number of hydrogen-bond donors (Lipinski definition) is 0. The average molecular weight is 641 g/mol. The van der Waals surface area contributed by atoms with Crippen molar-refractivity contribution in [2.24, 2.45) is 5.92 Å². The molecule has 0 aromatic heterocycles. The fourth-order valence-corrected chi connectivity index (χ4v) is 8.25. The van der Waals surface area contributed by atoms with Crippen LogP contribution in [0.15, 0.2) is 60.7 Å². The van der Waals surface area contributed by atoms with Crippen LogP contribution in [0.1, 0.15) is 30.4 Å². The Kier molecular flexibility index (Phi) is 9.33. The third kappa shape index (κ3) is 6.04. The number of sulfonamides is 2. The number of piperidine rings is 1. The second kappa shape index (κ2) is 12.1. The summed E-state index contributed by atoms with van der Waals surface area (Å²) in [5, 5.41) is -5.53. The molecule has 1 unspecified atom stereocenters. The van der Waals surface area contributed by atoms with Crippen LogP contribution in [0.3, 0.4) is 0 Å². The van der Waals surface area contributed by atoms with E-state index in [1.165, 1.54) is 36.4 Å². The van der Waals surface area contributed by atoms with Crippen LogP contribution >= 0.6 is 0 Å². The van der Waals surface area contributed by atoms with Gasteiger partial charge in [-0.2, -0.15) is 22.0 Å². The Bertz CT molecular complexity index is 1440. The molecular formula is C26H29F5N2O7S2. The minimum atomic E-state index is -6.99. The van der Waals surface area contributed by atoms with Crippen molar-refractivity contribution >= 4 is 26.0 Å². The summed E-state index contributed by atoms with van der Waals surface area (Å²) in [5.74, 6) is -5.93. The number of carbonyl (C=O) groups is 1. The first-order valence-electron chi connectivity index (χ1n) is 13.0. The Morgan fingerprint density at radius 3 is 1.88 bits per heavy atom. The van der Waals surface area contributed by atoms with Crippen LogP contribution in [-0.2, 0) is 46.5 Å². The highest BCUT2D eigenvalue weighted by molar-refractivity contribution is 8.05. The average Bonchev–Trinajstić information content (AvgIpc) is 3.46. The summed E-state index contributed by atoms with van der Waals surface area (Å²) in [6, 6.07) is 15.5. The Hall–Kier alpha value is -2.66. The van der Waals surface area contributed by atoms with Crippen LogP contribution in [0.25, 0.3) is 0 Å². The zero-order valence-corrected chi connectivity index (χ0v) is 23.8. The molecule has 2 aliphatic heterocycles. The first-order chi connectivity index (χ1) is 19.6. The monoisotopic (exact) mass is 640 g/mol. The van der Waals surface area contributed by atoms with E-state index in [1.807, 2.05) is 0 Å². The van der Waals surface area contributed by atoms with Gasteiger partial charge in [0.25, 0.3) is 0 Å². The highest BCUT2D eigenvalue weighted by Crippen LogP contribution is 2.44. The van der Waals surface area contributed by atoms with Gasteiger partial charge in [-0.3, -0.25) is 4.79 Å². The smallest absolute Gasteiger partial charge is 0.343 e. The van der Waals surface area contributed by atoms with E-state index >= 15 is 8.78 Å². The van der Waals surface area contributed by atoms with E-state index in [1.54, 1.807) is 24.3 Å². The van der Waals surface area contributed by atoms with Crippen molar-refractivity contribution in [3.63, 3.8) is 0 Å². The SMILES string of the molecule is O=C(N1CCCCC1)C(F)(F)S(=O)(=O)N(CC(Cc1ccccc1)C1(c2ccccc2)OCCO1)S(=O)(=O)C(F)(F)F. The normalized spacial score (nSPS) is 19.1. The van der Waals surface area contributed by atoms with Crippen molar-refractivity contribution in [1.29, 1.82) is 0 Å². The molecule has 232 valence electrons. The van der Waals surface area contributed by atoms with Crippen molar-refractivity contribution in [3.8, 4) is 0 Å². The van der Waals surface area contributed by atoms with Gasteiger partial charge in [-0.1, -0.05) is 64.4 Å². The number of carbonyl (C=O) groups excluding carboxylic acids is 1. The van der Waals surface area contributed by atoms with Crippen molar-refractivity contribution in [1.82, 2.24) is 8.61 Å². The van der Waals surface area contributed by atoms with E-state index in [0.717, 1.165) is 0 Å². The van der Waals surface area contributed by atoms with Gasteiger partial charge >= 0.3 is 36.7 Å². The summed E-state index contributed by atoms with van der Waals surface area (Å²) in [5.41, 5.74) is -5.71. The number of hydrogen-bond acceptors (Lipinski definition) is 7. The lowest BCUT2D eigenvalue weighted by molar-refractivity contribution is -0.205. The van der Waals surface area contributed by atoms with E-state index in [0.29, 0.717) is 16.9 Å². The van der Waals surface area contributed by atoms with E-state index < -0.39 is 58.7 Å². The zero-order valence-electron chi connectivity index (χ0n) is 22.2. The predicted octanol–water partition coefficient (Wildman–Crippen LogP) is 3.83. The van der Waals surface area contributed by atoms with Crippen molar-refractivity contribution in [2.45, 2.75) is 42.2 Å². The summed E-state index contributed by atoms with van der Waals surface area (Å²) in [6.07, 6.45) is 0.750. The molecule has 2 fully saturated rings. The number of amides is 1. The van der Waals surface area contributed by atoms with Gasteiger partial charge < -0.3 is 14.4 Å². The van der Waals surface area contributed by atoms with Gasteiger partial charge in [-0.05, 0) is 31.2 Å². The molecule has 2 heterocycles. The molecule has 0 radical (unpaired) electrons. The fourth-order valence-electron chi connectivity index (χ4n) is 5.09. The topological polar surface area (TPSA) is 110 Å². The van der Waals surface area contributed by atoms with Crippen LogP contribution in [0, 0.1) is 5.92 Å². The Balaban J connectivity index is 1.86. The van der Waals surface area contributed by atoms with Crippen molar-refractivity contribution < 1.29 is 53.1 Å². The highest BCUT2D eigenvalue weighted by atomic mass is 32.3. The quantitative estimate of drug-likeness (QED) is 0.363. The molecule has 42 heavy (non-hydrogen) atoms. The molecule has 0 spiro atoms. The molecule has 4 rings (SSSR count). The summed E-state index contributed by atoms with van der Waals surface area (Å²) in [6.45, 7) is -2.40. The molecule has 2 aliphatic rings. The molecule has 0 N–H and O–H groups in total. The van der Waals surface area contributed by atoms with E-state index in [9.17, 15) is 34.8 Å². The fraction of sp³-hybridized carbons (Fsp3) is 0.500. The second-order valence-corrected chi connectivity index (χ2v) is 13.9. The number of alkyl halides is 5. The Morgan fingerprint density at radius 2 is 1.36 bits per heavy atom. The van der Waals surface area contributed by atoms with Crippen molar-refractivity contribution in [3.05, 3.63) is 71.8 Å². The summed E-state index contributed by atoms with van der Waals surface area (Å²) in [7, 11) is -13.8. The Morgan fingerprint density at radius 1 is 0.833 bits per heavy atom. The number of rotatable bonds is 10. The van der Waals surface area contributed by atoms with Crippen molar-refractivity contribution in [2.75, 3.05) is 32.8 Å². The minimum Gasteiger partial charge on any atom is -0.343 e. The number of likely N-dealkylation sites (tertiary alicyclic amines) is 1. The summed E-state index contributed by atoms with van der Waals surface area (Å²) in [4.78, 5) is 13.2. The highest BCUT2D eigenvalue weighted by Gasteiger charge is 2.65. The molecular weight excluding hydrogens is 611 g/mol. The third-order valence-electron chi connectivity index (χ3n) is 7.17. The minimum absolute atomic E-state index is 0.109. The molecule has 0 saturated carbocycles. The Labute approximate surface area is 240 Å². The first kappa shape index (κ1) is 32.3. The van der Waals surface area contributed by atoms with Crippen LogP contribution in [-0.4, -0.2) is 75.0 Å². The van der Waals surface area contributed by atoms with Gasteiger partial charge in [0.2, 0.25) is 0 Å².